The maximum absolute atomic E-state index is 12.5. The van der Waals surface area contributed by atoms with Gasteiger partial charge in [0, 0.05) is 24.3 Å². The second kappa shape index (κ2) is 5.01. The van der Waals surface area contributed by atoms with Crippen molar-refractivity contribution >= 4 is 5.78 Å². The average molecular weight is 232 g/mol. The quantitative estimate of drug-likeness (QED) is 0.775. The van der Waals surface area contributed by atoms with Crippen LogP contribution in [0.3, 0.4) is 0 Å². The van der Waals surface area contributed by atoms with Gasteiger partial charge in [0.05, 0.1) is 13.1 Å². The summed E-state index contributed by atoms with van der Waals surface area (Å²) in [7, 11) is 0. The predicted octanol–water partition coefficient (Wildman–Crippen LogP) is 1.77. The van der Waals surface area contributed by atoms with Crippen molar-refractivity contribution in [3.63, 3.8) is 0 Å². The van der Waals surface area contributed by atoms with Crippen LogP contribution < -0.4 is 5.32 Å². The molecule has 0 spiro atoms. The van der Waals surface area contributed by atoms with Gasteiger partial charge in [0.25, 0.3) is 0 Å². The van der Waals surface area contributed by atoms with Crippen LogP contribution in [-0.4, -0.2) is 18.9 Å². The monoisotopic (exact) mass is 232 g/mol. The first-order chi connectivity index (χ1) is 8.09. The van der Waals surface area contributed by atoms with Gasteiger partial charge in [0.1, 0.15) is 0 Å². The molecule has 0 saturated carbocycles. The highest BCUT2D eigenvalue weighted by Crippen LogP contribution is 2.23. The van der Waals surface area contributed by atoms with Crippen LogP contribution in [-0.2, 0) is 0 Å². The molecule has 1 heterocycles. The van der Waals surface area contributed by atoms with E-state index >= 15 is 0 Å². The van der Waals surface area contributed by atoms with Gasteiger partial charge in [0.15, 0.2) is 5.78 Å². The zero-order chi connectivity index (χ0) is 12.4. The molecule has 1 aliphatic rings. The Morgan fingerprint density at radius 3 is 2.18 bits per heavy atom. The molecule has 1 aliphatic heterocycles. The molecule has 2 N–H and O–H groups in total. The number of carbonyl (C=O) groups excluding carboxylic acids is 1. The lowest BCUT2D eigenvalue weighted by molar-refractivity contribution is -0.663. The van der Waals surface area contributed by atoms with Crippen molar-refractivity contribution in [2.75, 3.05) is 13.1 Å². The Balaban J connectivity index is 2.30. The standard InChI is InChI=1S/C15H21NO/c1-10-8-11(2)14(12(3)9-10)15(17)13-4-6-16-7-5-13/h8-9,13,16H,4-7H2,1-3H3/p+1. The number of hydrogen-bond donors (Lipinski definition) is 1. The number of aryl methyl sites for hydroxylation is 3. The predicted molar refractivity (Wildman–Crippen MR) is 69.4 cm³/mol. The molecule has 0 atom stereocenters. The van der Waals surface area contributed by atoms with Crippen molar-refractivity contribution in [3.8, 4) is 0 Å². The van der Waals surface area contributed by atoms with Crippen molar-refractivity contribution < 1.29 is 10.1 Å². The van der Waals surface area contributed by atoms with Gasteiger partial charge in [0.2, 0.25) is 0 Å². The van der Waals surface area contributed by atoms with Gasteiger partial charge in [-0.2, -0.15) is 0 Å². The largest absolute Gasteiger partial charge is 0.346 e. The smallest absolute Gasteiger partial charge is 0.166 e. The molecule has 2 rings (SSSR count). The second-order valence-corrected chi connectivity index (χ2v) is 5.28. The maximum Gasteiger partial charge on any atom is 0.166 e. The number of Topliss-reactive ketones (excluding diaryl/α,β-unsaturated/α-hetero) is 1. The molecule has 92 valence electrons. The maximum atomic E-state index is 12.5. The van der Waals surface area contributed by atoms with E-state index in [4.69, 9.17) is 0 Å². The Bertz CT molecular complexity index is 408. The van der Waals surface area contributed by atoms with Crippen LogP contribution >= 0.6 is 0 Å². The molecule has 1 fully saturated rings. The van der Waals surface area contributed by atoms with E-state index < -0.39 is 0 Å². The molecule has 2 nitrogen and oxygen atoms in total. The first kappa shape index (κ1) is 12.3. The molecule has 17 heavy (non-hydrogen) atoms. The van der Waals surface area contributed by atoms with Gasteiger partial charge in [-0.15, -0.1) is 0 Å². The number of ketones is 1. The van der Waals surface area contributed by atoms with Crippen LogP contribution in [0.4, 0.5) is 0 Å². The number of nitrogens with two attached hydrogens (primary N) is 1. The van der Waals surface area contributed by atoms with Crippen LogP contribution in [0.25, 0.3) is 0 Å². The Hall–Kier alpha value is -1.15. The minimum Gasteiger partial charge on any atom is -0.346 e. The normalized spacial score (nSPS) is 17.1. The number of carbonyl (C=O) groups is 1. The average Bonchev–Trinajstić information content (AvgIpc) is 2.28. The first-order valence-electron chi connectivity index (χ1n) is 6.53. The van der Waals surface area contributed by atoms with Gasteiger partial charge in [-0.1, -0.05) is 17.7 Å². The number of piperidine rings is 1. The van der Waals surface area contributed by atoms with E-state index in [0.717, 1.165) is 42.6 Å². The van der Waals surface area contributed by atoms with Crippen molar-refractivity contribution in [3.05, 3.63) is 34.4 Å². The molecule has 0 radical (unpaired) electrons. The third-order valence-electron chi connectivity index (χ3n) is 3.73. The fourth-order valence-electron chi connectivity index (χ4n) is 2.96. The number of hydrogen-bond acceptors (Lipinski definition) is 1. The molecule has 0 amide bonds. The zero-order valence-corrected chi connectivity index (χ0v) is 11.0. The van der Waals surface area contributed by atoms with Crippen LogP contribution in [0.5, 0.6) is 0 Å². The summed E-state index contributed by atoms with van der Waals surface area (Å²) in [5.74, 6) is 0.619. The summed E-state index contributed by atoms with van der Waals surface area (Å²) < 4.78 is 0. The van der Waals surface area contributed by atoms with E-state index in [1.165, 1.54) is 5.56 Å². The Morgan fingerprint density at radius 1 is 1.12 bits per heavy atom. The fourth-order valence-corrected chi connectivity index (χ4v) is 2.96. The minimum absolute atomic E-state index is 0.250. The molecule has 1 aromatic carbocycles. The molecule has 0 unspecified atom stereocenters. The lowest BCUT2D eigenvalue weighted by atomic mass is 9.85. The van der Waals surface area contributed by atoms with Crippen LogP contribution in [0, 0.1) is 26.7 Å². The Morgan fingerprint density at radius 2 is 1.65 bits per heavy atom. The topological polar surface area (TPSA) is 33.7 Å². The third kappa shape index (κ3) is 2.58. The van der Waals surface area contributed by atoms with Crippen LogP contribution in [0.2, 0.25) is 0 Å². The highest BCUT2D eigenvalue weighted by atomic mass is 16.1. The third-order valence-corrected chi connectivity index (χ3v) is 3.73. The van der Waals surface area contributed by atoms with Crippen molar-refractivity contribution in [2.45, 2.75) is 33.6 Å². The van der Waals surface area contributed by atoms with Gasteiger partial charge in [-0.25, -0.2) is 0 Å². The summed E-state index contributed by atoms with van der Waals surface area (Å²) in [5.41, 5.74) is 4.50. The summed E-state index contributed by atoms with van der Waals surface area (Å²) >= 11 is 0. The summed E-state index contributed by atoms with van der Waals surface area (Å²) in [6.07, 6.45) is 2.07. The van der Waals surface area contributed by atoms with E-state index in [0.29, 0.717) is 5.78 Å². The molecule has 0 aliphatic carbocycles. The van der Waals surface area contributed by atoms with E-state index in [2.05, 4.69) is 38.2 Å². The van der Waals surface area contributed by atoms with E-state index in [9.17, 15) is 4.79 Å². The lowest BCUT2D eigenvalue weighted by Gasteiger charge is -2.21. The highest BCUT2D eigenvalue weighted by molar-refractivity contribution is 6.00. The molecule has 0 bridgehead atoms. The molecular formula is C15H22NO+. The summed E-state index contributed by atoms with van der Waals surface area (Å²) in [4.78, 5) is 12.5. The summed E-state index contributed by atoms with van der Waals surface area (Å²) in [5, 5.41) is 2.30. The highest BCUT2D eigenvalue weighted by Gasteiger charge is 2.26. The zero-order valence-electron chi connectivity index (χ0n) is 11.0. The number of quaternary nitrogens is 1. The Labute approximate surface area is 103 Å². The van der Waals surface area contributed by atoms with Gasteiger partial charge in [-0.3, -0.25) is 4.79 Å². The van der Waals surface area contributed by atoms with Crippen molar-refractivity contribution in [1.29, 1.82) is 0 Å². The molecule has 1 aromatic rings. The number of rotatable bonds is 2. The summed E-state index contributed by atoms with van der Waals surface area (Å²) in [6, 6.07) is 4.24. The number of benzene rings is 1. The second-order valence-electron chi connectivity index (χ2n) is 5.28. The van der Waals surface area contributed by atoms with E-state index in [1.807, 2.05) is 0 Å². The van der Waals surface area contributed by atoms with Gasteiger partial charge in [-0.05, 0) is 31.9 Å². The Kier molecular flexibility index (Phi) is 3.63. The van der Waals surface area contributed by atoms with Crippen molar-refractivity contribution in [1.82, 2.24) is 0 Å². The summed E-state index contributed by atoms with van der Waals surface area (Å²) in [6.45, 7) is 8.40. The van der Waals surface area contributed by atoms with Crippen molar-refractivity contribution in [2.24, 2.45) is 5.92 Å². The molecule has 1 saturated heterocycles. The van der Waals surface area contributed by atoms with E-state index in [1.54, 1.807) is 0 Å². The van der Waals surface area contributed by atoms with E-state index in [-0.39, 0.29) is 5.92 Å². The lowest BCUT2D eigenvalue weighted by Crippen LogP contribution is -2.86. The minimum atomic E-state index is 0.250. The molecular weight excluding hydrogens is 210 g/mol. The molecule has 0 aromatic heterocycles. The van der Waals surface area contributed by atoms with Crippen LogP contribution in [0.1, 0.15) is 39.9 Å². The van der Waals surface area contributed by atoms with Gasteiger partial charge < -0.3 is 5.32 Å². The fraction of sp³-hybridized carbons (Fsp3) is 0.533. The molecule has 2 heteroatoms. The van der Waals surface area contributed by atoms with Gasteiger partial charge >= 0.3 is 0 Å². The first-order valence-corrected chi connectivity index (χ1v) is 6.53. The van der Waals surface area contributed by atoms with Crippen LogP contribution in [0.15, 0.2) is 12.1 Å². The SMILES string of the molecule is Cc1cc(C)c(C(=O)C2CC[NH2+]CC2)c(C)c1.